The number of H-pyrrole nitrogens is 1. The molecule has 32 heavy (non-hydrogen) atoms. The van der Waals surface area contributed by atoms with Gasteiger partial charge in [-0.2, -0.15) is 19.0 Å². The van der Waals surface area contributed by atoms with E-state index in [1.54, 1.807) is 6.07 Å². The van der Waals surface area contributed by atoms with Crippen molar-refractivity contribution < 1.29 is 33.0 Å². The monoisotopic (exact) mass is 458 g/mol. The first-order chi connectivity index (χ1) is 15.2. The number of alkyl halides is 2. The molecule has 1 saturated heterocycles. The van der Waals surface area contributed by atoms with Crippen molar-refractivity contribution in [1.29, 1.82) is 0 Å². The summed E-state index contributed by atoms with van der Waals surface area (Å²) in [7, 11) is 1.54. The van der Waals surface area contributed by atoms with Crippen molar-refractivity contribution in [1.82, 2.24) is 25.3 Å². The molecule has 2 amide bonds. The number of halogens is 2. The molecule has 0 aromatic carbocycles. The summed E-state index contributed by atoms with van der Waals surface area (Å²) in [5.41, 5.74) is 0.395. The molecule has 11 nitrogen and oxygen atoms in total. The van der Waals surface area contributed by atoms with Crippen LogP contribution in [-0.4, -0.2) is 62.4 Å². The number of ether oxygens (including phenoxy) is 2. The predicted molar refractivity (Wildman–Crippen MR) is 109 cm³/mol. The summed E-state index contributed by atoms with van der Waals surface area (Å²) in [4.78, 5) is 21.8. The fraction of sp³-hybridized carbons (Fsp3) is 0.579. The van der Waals surface area contributed by atoms with Gasteiger partial charge in [-0.15, -0.1) is 0 Å². The summed E-state index contributed by atoms with van der Waals surface area (Å²) in [5.74, 6) is -0.000808. The number of carboxylic acid groups (broad SMARTS) is 1. The molecule has 0 atom stereocenters. The number of nitrogens with zero attached hydrogens (tertiary/aromatic N) is 3. The molecule has 0 spiro atoms. The second-order valence-corrected chi connectivity index (χ2v) is 7.45. The maximum absolute atomic E-state index is 11.9. The van der Waals surface area contributed by atoms with Gasteiger partial charge < -0.3 is 25.2 Å². The first-order valence-electron chi connectivity index (χ1n) is 10.0. The summed E-state index contributed by atoms with van der Waals surface area (Å²) in [6, 6.07) is 2.96. The van der Waals surface area contributed by atoms with Gasteiger partial charge in [-0.25, -0.2) is 4.79 Å². The van der Waals surface area contributed by atoms with Crippen LogP contribution in [0, 0.1) is 0 Å². The Labute approximate surface area is 183 Å². The Morgan fingerprint density at radius 3 is 2.50 bits per heavy atom. The Bertz CT molecular complexity index is 843. The van der Waals surface area contributed by atoms with E-state index in [9.17, 15) is 18.4 Å². The van der Waals surface area contributed by atoms with Gasteiger partial charge in [0.1, 0.15) is 11.5 Å². The van der Waals surface area contributed by atoms with Crippen LogP contribution in [0.3, 0.4) is 0 Å². The minimum absolute atomic E-state index is 0.0775. The second kappa shape index (κ2) is 12.1. The molecular formula is C19H28F2N6O5. The lowest BCUT2D eigenvalue weighted by atomic mass is 10.3. The third-order valence-electron chi connectivity index (χ3n) is 4.51. The van der Waals surface area contributed by atoms with Crippen LogP contribution >= 0.6 is 0 Å². The average molecular weight is 458 g/mol. The van der Waals surface area contributed by atoms with Crippen LogP contribution in [0.15, 0.2) is 18.3 Å². The summed E-state index contributed by atoms with van der Waals surface area (Å²) >= 11 is 0. The lowest BCUT2D eigenvalue weighted by Crippen LogP contribution is -2.32. The maximum atomic E-state index is 11.9. The molecule has 2 aromatic heterocycles. The molecule has 0 unspecified atom stereocenters. The molecule has 13 heteroatoms. The number of carbonyl (C=O) groups excluding carboxylic acids is 1. The fourth-order valence-electron chi connectivity index (χ4n) is 2.55. The van der Waals surface area contributed by atoms with Crippen LogP contribution in [0.4, 0.5) is 19.4 Å². The van der Waals surface area contributed by atoms with E-state index in [0.717, 1.165) is 26.1 Å². The maximum Gasteiger partial charge on any atom is 0.405 e. The Morgan fingerprint density at radius 2 is 2.06 bits per heavy atom. The standard InChI is InChI=1S/C10H11F2N5O2.C5H9NO2.C4H8O/c1-17-7(4-6(16-17)5-19-10(11)12)9(18)14-8-2-3-13-15-8;1-5(2-3-5)6-4(7)8;1-2-4-5-3-1/h2-4,10H,5H2,1H3,(H2,13,14,15,18);6H,2-3H2,1H3,(H,7,8);1-4H2. The number of aromatic amines is 1. The molecule has 1 saturated carbocycles. The number of carbonyl (C=O) groups is 2. The number of hydrogen-bond acceptors (Lipinski definition) is 6. The lowest BCUT2D eigenvalue weighted by Gasteiger charge is -2.04. The van der Waals surface area contributed by atoms with E-state index in [4.69, 9.17) is 9.84 Å². The summed E-state index contributed by atoms with van der Waals surface area (Å²) in [6.07, 6.45) is 5.10. The highest BCUT2D eigenvalue weighted by Gasteiger charge is 2.38. The first kappa shape index (κ1) is 25.2. The van der Waals surface area contributed by atoms with Gasteiger partial charge in [0.2, 0.25) is 0 Å². The van der Waals surface area contributed by atoms with Gasteiger partial charge in [0.05, 0.1) is 18.5 Å². The SMILES string of the molecule is C1CCOC1.CC1(NC(=O)O)CC1.Cn1nc(COC(F)F)cc1C(=O)Nc1ccn[nH]1. The van der Waals surface area contributed by atoms with Crippen molar-refractivity contribution in [3.05, 3.63) is 29.7 Å². The zero-order chi connectivity index (χ0) is 23.6. The average Bonchev–Trinajstić information content (AvgIpc) is 3.23. The van der Waals surface area contributed by atoms with E-state index >= 15 is 0 Å². The minimum atomic E-state index is -2.87. The molecule has 4 N–H and O–H groups in total. The summed E-state index contributed by atoms with van der Waals surface area (Å²) in [5, 5.41) is 23.3. The number of hydrogen-bond donors (Lipinski definition) is 4. The first-order valence-corrected chi connectivity index (χ1v) is 10.0. The quantitative estimate of drug-likeness (QED) is 0.521. The second-order valence-electron chi connectivity index (χ2n) is 7.45. The van der Waals surface area contributed by atoms with Crippen LogP contribution in [0.5, 0.6) is 0 Å². The molecular weight excluding hydrogens is 430 g/mol. The van der Waals surface area contributed by atoms with Crippen molar-refractivity contribution in [2.75, 3.05) is 18.5 Å². The number of aryl methyl sites for hydroxylation is 1. The van der Waals surface area contributed by atoms with Crippen LogP contribution in [0.1, 0.15) is 48.8 Å². The molecule has 4 rings (SSSR count). The van der Waals surface area contributed by atoms with Gasteiger partial charge in [0.15, 0.2) is 0 Å². The Balaban J connectivity index is 0.000000226. The summed E-state index contributed by atoms with van der Waals surface area (Å²) in [6.45, 7) is 0.675. The van der Waals surface area contributed by atoms with Gasteiger partial charge in [-0.05, 0) is 38.7 Å². The number of rotatable bonds is 6. The zero-order valence-corrected chi connectivity index (χ0v) is 17.9. The lowest BCUT2D eigenvalue weighted by molar-refractivity contribution is -0.138. The normalized spacial score (nSPS) is 15.8. The molecule has 178 valence electrons. The molecule has 2 aliphatic rings. The van der Waals surface area contributed by atoms with Gasteiger partial charge in [-0.1, -0.05) is 0 Å². The van der Waals surface area contributed by atoms with Crippen LogP contribution in [0.2, 0.25) is 0 Å². The van der Waals surface area contributed by atoms with E-state index in [2.05, 4.69) is 30.7 Å². The third kappa shape index (κ3) is 9.39. The highest BCUT2D eigenvalue weighted by molar-refractivity contribution is 6.02. The van der Waals surface area contributed by atoms with Crippen LogP contribution in [0.25, 0.3) is 0 Å². The number of amides is 2. The van der Waals surface area contributed by atoms with Crippen molar-refractivity contribution >= 4 is 17.8 Å². The topological polar surface area (TPSA) is 143 Å². The van der Waals surface area contributed by atoms with E-state index in [0.29, 0.717) is 5.82 Å². The fourth-order valence-corrected chi connectivity index (χ4v) is 2.55. The molecule has 2 fully saturated rings. The highest BCUT2D eigenvalue weighted by atomic mass is 19.3. The Morgan fingerprint density at radius 1 is 1.38 bits per heavy atom. The minimum Gasteiger partial charge on any atom is -0.465 e. The highest BCUT2D eigenvalue weighted by Crippen LogP contribution is 2.33. The predicted octanol–water partition coefficient (Wildman–Crippen LogP) is 2.74. The van der Waals surface area contributed by atoms with Gasteiger partial charge >= 0.3 is 12.7 Å². The van der Waals surface area contributed by atoms with Crippen LogP contribution < -0.4 is 10.6 Å². The van der Waals surface area contributed by atoms with Gasteiger partial charge in [0.25, 0.3) is 5.91 Å². The van der Waals surface area contributed by atoms with Gasteiger partial charge in [-0.3, -0.25) is 14.6 Å². The van der Waals surface area contributed by atoms with Crippen molar-refractivity contribution in [3.8, 4) is 0 Å². The molecule has 1 aliphatic carbocycles. The summed E-state index contributed by atoms with van der Waals surface area (Å²) < 4.78 is 34.1. The van der Waals surface area contributed by atoms with E-state index in [1.807, 2.05) is 6.92 Å². The zero-order valence-electron chi connectivity index (χ0n) is 17.9. The van der Waals surface area contributed by atoms with Crippen molar-refractivity contribution in [2.45, 2.75) is 51.4 Å². The van der Waals surface area contributed by atoms with E-state index in [-0.39, 0.29) is 23.5 Å². The van der Waals surface area contributed by atoms with Gasteiger partial charge in [0, 0.05) is 31.9 Å². The number of aromatic nitrogens is 4. The van der Waals surface area contributed by atoms with E-state index < -0.39 is 18.6 Å². The molecule has 1 aliphatic heterocycles. The molecule has 0 radical (unpaired) electrons. The Kier molecular flexibility index (Phi) is 9.53. The third-order valence-corrected chi connectivity index (χ3v) is 4.51. The smallest absolute Gasteiger partial charge is 0.405 e. The molecule has 0 bridgehead atoms. The Hall–Kier alpha value is -3.06. The van der Waals surface area contributed by atoms with Crippen molar-refractivity contribution in [2.24, 2.45) is 7.05 Å². The number of anilines is 1. The molecule has 2 aromatic rings. The molecule has 3 heterocycles. The largest absolute Gasteiger partial charge is 0.465 e. The van der Waals surface area contributed by atoms with Crippen molar-refractivity contribution in [3.63, 3.8) is 0 Å². The van der Waals surface area contributed by atoms with Crippen LogP contribution in [-0.2, 0) is 23.1 Å². The van der Waals surface area contributed by atoms with E-state index in [1.165, 1.54) is 36.8 Å². The number of nitrogens with one attached hydrogen (secondary N) is 3.